The molecule has 1 aliphatic heterocycles. The molecule has 1 N–H and O–H groups in total. The van der Waals surface area contributed by atoms with Crippen LogP contribution in [0.4, 0.5) is 0 Å². The number of carbonyl (C=O) groups excluding carboxylic acids is 2. The fourth-order valence-electron chi connectivity index (χ4n) is 2.54. The van der Waals surface area contributed by atoms with Gasteiger partial charge in [0.15, 0.2) is 0 Å². The second-order valence-corrected chi connectivity index (χ2v) is 4.91. The lowest BCUT2D eigenvalue weighted by atomic mass is 10.1. The average molecular weight is 282 g/mol. The van der Waals surface area contributed by atoms with Gasteiger partial charge in [-0.05, 0) is 24.1 Å². The standard InChI is InChI=1S/C16H14N2O3/c19-10-12(9-11-5-2-1-3-6-11)18-15(20)13-7-4-8-17-14(13)16(18)21/h1-8,12,19H,9-10H2/t12-/m1/s1. The Hall–Kier alpha value is -2.53. The molecule has 1 aromatic carbocycles. The molecular weight excluding hydrogens is 268 g/mol. The lowest BCUT2D eigenvalue weighted by Gasteiger charge is -2.24. The van der Waals surface area contributed by atoms with E-state index in [0.717, 1.165) is 10.5 Å². The van der Waals surface area contributed by atoms with Gasteiger partial charge < -0.3 is 5.11 Å². The van der Waals surface area contributed by atoms with Crippen LogP contribution in [0.2, 0.25) is 0 Å². The number of aliphatic hydroxyl groups excluding tert-OH is 1. The Morgan fingerprint density at radius 3 is 2.48 bits per heavy atom. The molecule has 106 valence electrons. The lowest BCUT2D eigenvalue weighted by Crippen LogP contribution is -2.43. The Morgan fingerprint density at radius 1 is 1.05 bits per heavy atom. The van der Waals surface area contributed by atoms with Crippen molar-refractivity contribution in [1.82, 2.24) is 9.88 Å². The predicted molar refractivity (Wildman–Crippen MR) is 75.8 cm³/mol. The number of hydrogen-bond donors (Lipinski definition) is 1. The maximum absolute atomic E-state index is 12.4. The highest BCUT2D eigenvalue weighted by Gasteiger charge is 2.40. The minimum atomic E-state index is -0.582. The highest BCUT2D eigenvalue weighted by Crippen LogP contribution is 2.24. The Bertz CT molecular complexity index is 650. The first-order valence-electron chi connectivity index (χ1n) is 6.70. The molecule has 0 saturated carbocycles. The Morgan fingerprint density at radius 2 is 1.81 bits per heavy atom. The quantitative estimate of drug-likeness (QED) is 0.858. The number of fused-ring (bicyclic) bond motifs is 1. The van der Waals surface area contributed by atoms with E-state index in [1.54, 1.807) is 12.1 Å². The van der Waals surface area contributed by atoms with Gasteiger partial charge in [-0.1, -0.05) is 30.3 Å². The fourth-order valence-corrected chi connectivity index (χ4v) is 2.54. The van der Waals surface area contributed by atoms with Gasteiger partial charge in [-0.2, -0.15) is 0 Å². The number of aromatic nitrogens is 1. The van der Waals surface area contributed by atoms with Crippen LogP contribution in [0, 0.1) is 0 Å². The van der Waals surface area contributed by atoms with Gasteiger partial charge in [0.2, 0.25) is 0 Å². The first-order valence-corrected chi connectivity index (χ1v) is 6.70. The summed E-state index contributed by atoms with van der Waals surface area (Å²) in [6, 6.07) is 12.1. The minimum Gasteiger partial charge on any atom is -0.394 e. The summed E-state index contributed by atoms with van der Waals surface area (Å²) >= 11 is 0. The van der Waals surface area contributed by atoms with Crippen LogP contribution in [-0.2, 0) is 6.42 Å². The summed E-state index contributed by atoms with van der Waals surface area (Å²) < 4.78 is 0. The van der Waals surface area contributed by atoms with E-state index in [2.05, 4.69) is 4.98 Å². The monoisotopic (exact) mass is 282 g/mol. The van der Waals surface area contributed by atoms with E-state index in [0.29, 0.717) is 12.0 Å². The van der Waals surface area contributed by atoms with Crippen molar-refractivity contribution in [3.05, 3.63) is 65.5 Å². The summed E-state index contributed by atoms with van der Waals surface area (Å²) in [5, 5.41) is 9.60. The summed E-state index contributed by atoms with van der Waals surface area (Å²) in [5.41, 5.74) is 1.42. The third-order valence-electron chi connectivity index (χ3n) is 3.57. The lowest BCUT2D eigenvalue weighted by molar-refractivity contribution is 0.0514. The molecule has 0 unspecified atom stereocenters. The van der Waals surface area contributed by atoms with Crippen LogP contribution in [0.3, 0.4) is 0 Å². The Kier molecular flexibility index (Phi) is 3.50. The molecule has 2 aromatic rings. The van der Waals surface area contributed by atoms with Gasteiger partial charge in [-0.15, -0.1) is 0 Å². The molecule has 1 aromatic heterocycles. The van der Waals surface area contributed by atoms with Gasteiger partial charge in [-0.25, -0.2) is 0 Å². The molecule has 0 radical (unpaired) electrons. The van der Waals surface area contributed by atoms with Gasteiger partial charge in [0.1, 0.15) is 5.69 Å². The first kappa shape index (κ1) is 13.5. The molecule has 0 aliphatic carbocycles. The molecule has 0 bridgehead atoms. The van der Waals surface area contributed by atoms with Gasteiger partial charge >= 0.3 is 0 Å². The number of imide groups is 1. The number of aliphatic hydroxyl groups is 1. The van der Waals surface area contributed by atoms with Gasteiger partial charge in [0, 0.05) is 6.20 Å². The van der Waals surface area contributed by atoms with Crippen molar-refractivity contribution in [2.45, 2.75) is 12.5 Å². The third kappa shape index (κ3) is 2.32. The molecule has 1 atom stereocenters. The summed E-state index contributed by atoms with van der Waals surface area (Å²) in [4.78, 5) is 29.8. The van der Waals surface area contributed by atoms with E-state index in [4.69, 9.17) is 0 Å². The summed E-state index contributed by atoms with van der Waals surface area (Å²) in [5.74, 6) is -0.830. The largest absolute Gasteiger partial charge is 0.394 e. The van der Waals surface area contributed by atoms with Crippen molar-refractivity contribution in [1.29, 1.82) is 0 Å². The molecule has 5 nitrogen and oxygen atoms in total. The van der Waals surface area contributed by atoms with Crippen molar-refractivity contribution in [2.75, 3.05) is 6.61 Å². The summed E-state index contributed by atoms with van der Waals surface area (Å²) in [7, 11) is 0. The summed E-state index contributed by atoms with van der Waals surface area (Å²) in [6.45, 7) is -0.277. The highest BCUT2D eigenvalue weighted by atomic mass is 16.3. The van der Waals surface area contributed by atoms with Crippen molar-refractivity contribution in [2.24, 2.45) is 0 Å². The zero-order valence-corrected chi connectivity index (χ0v) is 11.3. The Balaban J connectivity index is 1.89. The molecule has 0 saturated heterocycles. The average Bonchev–Trinajstić information content (AvgIpc) is 2.78. The molecule has 2 heterocycles. The van der Waals surface area contributed by atoms with E-state index >= 15 is 0 Å². The van der Waals surface area contributed by atoms with Crippen molar-refractivity contribution < 1.29 is 14.7 Å². The SMILES string of the molecule is O=C1c2cccnc2C(=O)N1[C@@H](CO)Cc1ccccc1. The zero-order chi connectivity index (χ0) is 14.8. The van der Waals surface area contributed by atoms with Crippen LogP contribution in [0.25, 0.3) is 0 Å². The fraction of sp³-hybridized carbons (Fsp3) is 0.188. The molecule has 21 heavy (non-hydrogen) atoms. The topological polar surface area (TPSA) is 70.5 Å². The van der Waals surface area contributed by atoms with E-state index in [9.17, 15) is 14.7 Å². The smallest absolute Gasteiger partial charge is 0.280 e. The number of carbonyl (C=O) groups is 2. The summed E-state index contributed by atoms with van der Waals surface area (Å²) in [6.07, 6.45) is 1.90. The second-order valence-electron chi connectivity index (χ2n) is 4.91. The molecule has 0 fully saturated rings. The van der Waals surface area contributed by atoms with Gasteiger partial charge in [0.25, 0.3) is 11.8 Å². The van der Waals surface area contributed by atoms with E-state index in [-0.39, 0.29) is 12.3 Å². The predicted octanol–water partition coefficient (Wildman–Crippen LogP) is 1.28. The van der Waals surface area contributed by atoms with E-state index in [1.165, 1.54) is 6.20 Å². The van der Waals surface area contributed by atoms with Crippen LogP contribution in [-0.4, -0.2) is 39.5 Å². The van der Waals surface area contributed by atoms with Crippen molar-refractivity contribution in [3.63, 3.8) is 0 Å². The van der Waals surface area contributed by atoms with Crippen LogP contribution in [0.5, 0.6) is 0 Å². The number of pyridine rings is 1. The minimum absolute atomic E-state index is 0.161. The second kappa shape index (κ2) is 5.46. The molecule has 2 amide bonds. The number of amides is 2. The maximum Gasteiger partial charge on any atom is 0.280 e. The van der Waals surface area contributed by atoms with Crippen LogP contribution < -0.4 is 0 Å². The third-order valence-corrected chi connectivity index (χ3v) is 3.57. The number of benzene rings is 1. The number of nitrogens with zero attached hydrogens (tertiary/aromatic N) is 2. The van der Waals surface area contributed by atoms with Gasteiger partial charge in [-0.3, -0.25) is 19.5 Å². The number of hydrogen-bond acceptors (Lipinski definition) is 4. The maximum atomic E-state index is 12.4. The highest BCUT2D eigenvalue weighted by molar-refractivity contribution is 6.20. The van der Waals surface area contributed by atoms with Crippen molar-refractivity contribution in [3.8, 4) is 0 Å². The van der Waals surface area contributed by atoms with Crippen LogP contribution in [0.15, 0.2) is 48.7 Å². The molecule has 5 heteroatoms. The van der Waals surface area contributed by atoms with Crippen LogP contribution >= 0.6 is 0 Å². The van der Waals surface area contributed by atoms with Crippen LogP contribution in [0.1, 0.15) is 26.4 Å². The van der Waals surface area contributed by atoms with E-state index in [1.807, 2.05) is 30.3 Å². The van der Waals surface area contributed by atoms with E-state index < -0.39 is 17.9 Å². The molecule has 1 aliphatic rings. The molecule has 3 rings (SSSR count). The molecular formula is C16H14N2O3. The van der Waals surface area contributed by atoms with Crippen molar-refractivity contribution >= 4 is 11.8 Å². The number of rotatable bonds is 4. The zero-order valence-electron chi connectivity index (χ0n) is 11.3. The first-order chi connectivity index (χ1) is 10.2. The normalized spacial score (nSPS) is 15.2. The van der Waals surface area contributed by atoms with Gasteiger partial charge in [0.05, 0.1) is 18.2 Å². The molecule has 0 spiro atoms. The Labute approximate surface area is 121 Å².